The SMILES string of the molecule is Cc1cccc2nc(-c3cccc(Cl)c3F)c(N)n12. The molecule has 2 heterocycles. The second kappa shape index (κ2) is 4.24. The molecule has 0 unspecified atom stereocenters. The normalized spacial score (nSPS) is 11.1. The van der Waals surface area contributed by atoms with Gasteiger partial charge in [0, 0.05) is 11.3 Å². The molecular formula is C14H11ClFN3. The van der Waals surface area contributed by atoms with Crippen molar-refractivity contribution in [3.63, 3.8) is 0 Å². The molecule has 0 saturated carbocycles. The highest BCUT2D eigenvalue weighted by Gasteiger charge is 2.17. The highest BCUT2D eigenvalue weighted by Crippen LogP contribution is 2.31. The molecule has 0 aliphatic carbocycles. The van der Waals surface area contributed by atoms with Crippen LogP contribution in [0.15, 0.2) is 36.4 Å². The number of aryl methyl sites for hydroxylation is 1. The van der Waals surface area contributed by atoms with Crippen molar-refractivity contribution < 1.29 is 4.39 Å². The second-order valence-electron chi connectivity index (χ2n) is 4.31. The van der Waals surface area contributed by atoms with E-state index in [0.29, 0.717) is 22.7 Å². The molecule has 0 aliphatic heterocycles. The number of aromatic nitrogens is 2. The molecule has 2 N–H and O–H groups in total. The van der Waals surface area contributed by atoms with Crippen LogP contribution in [0.4, 0.5) is 10.2 Å². The minimum atomic E-state index is -0.503. The Hall–Kier alpha value is -2.07. The van der Waals surface area contributed by atoms with Crippen LogP contribution in [0.2, 0.25) is 5.02 Å². The molecule has 0 spiro atoms. The van der Waals surface area contributed by atoms with E-state index in [0.717, 1.165) is 5.69 Å². The summed E-state index contributed by atoms with van der Waals surface area (Å²) in [7, 11) is 0. The average Bonchev–Trinajstić information content (AvgIpc) is 2.72. The largest absolute Gasteiger partial charge is 0.383 e. The van der Waals surface area contributed by atoms with Crippen molar-refractivity contribution in [2.45, 2.75) is 6.92 Å². The number of fused-ring (bicyclic) bond motifs is 1. The molecule has 0 fully saturated rings. The zero-order chi connectivity index (χ0) is 13.6. The van der Waals surface area contributed by atoms with Gasteiger partial charge in [0.15, 0.2) is 5.82 Å². The van der Waals surface area contributed by atoms with Gasteiger partial charge in [-0.1, -0.05) is 23.7 Å². The maximum atomic E-state index is 14.1. The van der Waals surface area contributed by atoms with Crippen LogP contribution in [0.1, 0.15) is 5.69 Å². The van der Waals surface area contributed by atoms with E-state index in [4.69, 9.17) is 17.3 Å². The maximum Gasteiger partial charge on any atom is 0.151 e. The van der Waals surface area contributed by atoms with Crippen molar-refractivity contribution in [1.82, 2.24) is 9.38 Å². The number of imidazole rings is 1. The Morgan fingerprint density at radius 2 is 1.95 bits per heavy atom. The van der Waals surface area contributed by atoms with E-state index in [-0.39, 0.29) is 5.02 Å². The lowest BCUT2D eigenvalue weighted by Gasteiger charge is -2.03. The van der Waals surface area contributed by atoms with Crippen molar-refractivity contribution >= 4 is 23.1 Å². The Labute approximate surface area is 114 Å². The van der Waals surface area contributed by atoms with Crippen molar-refractivity contribution in [3.8, 4) is 11.3 Å². The van der Waals surface area contributed by atoms with E-state index in [2.05, 4.69) is 4.98 Å². The number of nitrogens with zero attached hydrogens (tertiary/aromatic N) is 2. The average molecular weight is 276 g/mol. The summed E-state index contributed by atoms with van der Waals surface area (Å²) in [6.45, 7) is 1.92. The first-order chi connectivity index (χ1) is 9.09. The first-order valence-electron chi connectivity index (χ1n) is 5.77. The van der Waals surface area contributed by atoms with Gasteiger partial charge >= 0.3 is 0 Å². The van der Waals surface area contributed by atoms with Gasteiger partial charge in [0.25, 0.3) is 0 Å². The predicted molar refractivity (Wildman–Crippen MR) is 74.7 cm³/mol. The zero-order valence-corrected chi connectivity index (χ0v) is 10.9. The van der Waals surface area contributed by atoms with Gasteiger partial charge in [-0.2, -0.15) is 0 Å². The van der Waals surface area contributed by atoms with Crippen molar-refractivity contribution in [2.24, 2.45) is 0 Å². The number of halogens is 2. The lowest BCUT2D eigenvalue weighted by Crippen LogP contribution is -1.98. The molecule has 0 atom stereocenters. The number of nitrogen functional groups attached to an aromatic ring is 1. The van der Waals surface area contributed by atoms with Crippen molar-refractivity contribution in [3.05, 3.63) is 52.9 Å². The van der Waals surface area contributed by atoms with E-state index in [1.807, 2.05) is 25.1 Å². The minimum Gasteiger partial charge on any atom is -0.383 e. The summed E-state index contributed by atoms with van der Waals surface area (Å²) in [5, 5.41) is 0.0608. The monoisotopic (exact) mass is 275 g/mol. The number of hydrogen-bond donors (Lipinski definition) is 1. The molecule has 3 nitrogen and oxygen atoms in total. The van der Waals surface area contributed by atoms with Crippen molar-refractivity contribution in [1.29, 1.82) is 0 Å². The zero-order valence-electron chi connectivity index (χ0n) is 10.2. The summed E-state index contributed by atoms with van der Waals surface area (Å²) in [4.78, 5) is 4.38. The summed E-state index contributed by atoms with van der Waals surface area (Å²) in [6.07, 6.45) is 0. The molecule has 96 valence electrons. The van der Waals surface area contributed by atoms with Gasteiger partial charge in [0.2, 0.25) is 0 Å². The van der Waals surface area contributed by atoms with Gasteiger partial charge in [-0.15, -0.1) is 0 Å². The fraction of sp³-hybridized carbons (Fsp3) is 0.0714. The van der Waals surface area contributed by atoms with Gasteiger partial charge in [-0.25, -0.2) is 9.37 Å². The van der Waals surface area contributed by atoms with E-state index in [1.54, 1.807) is 16.5 Å². The maximum absolute atomic E-state index is 14.1. The van der Waals surface area contributed by atoms with Crippen LogP contribution in [-0.2, 0) is 0 Å². The van der Waals surface area contributed by atoms with Gasteiger partial charge in [-0.3, -0.25) is 4.40 Å². The molecule has 3 rings (SSSR count). The highest BCUT2D eigenvalue weighted by molar-refractivity contribution is 6.31. The van der Waals surface area contributed by atoms with Gasteiger partial charge in [0.1, 0.15) is 17.2 Å². The Bertz CT molecular complexity index is 780. The fourth-order valence-electron chi connectivity index (χ4n) is 2.17. The lowest BCUT2D eigenvalue weighted by atomic mass is 10.1. The van der Waals surface area contributed by atoms with Crippen LogP contribution in [0.25, 0.3) is 16.9 Å². The number of rotatable bonds is 1. The number of benzene rings is 1. The van der Waals surface area contributed by atoms with Crippen molar-refractivity contribution in [2.75, 3.05) is 5.73 Å². The first kappa shape index (κ1) is 12.0. The minimum absolute atomic E-state index is 0.0608. The van der Waals surface area contributed by atoms with Crippen LogP contribution >= 0.6 is 11.6 Å². The third kappa shape index (κ3) is 1.76. The molecule has 0 bridgehead atoms. The van der Waals surface area contributed by atoms with Crippen LogP contribution in [0, 0.1) is 12.7 Å². The molecule has 0 saturated heterocycles. The summed E-state index contributed by atoms with van der Waals surface area (Å²) in [5.74, 6) is -0.0915. The Kier molecular flexibility index (Phi) is 2.68. The summed E-state index contributed by atoms with van der Waals surface area (Å²) >= 11 is 5.80. The van der Waals surface area contributed by atoms with Gasteiger partial charge in [0.05, 0.1) is 5.02 Å². The molecule has 5 heteroatoms. The molecular weight excluding hydrogens is 265 g/mol. The molecule has 3 aromatic rings. The molecule has 2 aromatic heterocycles. The van der Waals surface area contributed by atoms with Crippen LogP contribution < -0.4 is 5.73 Å². The lowest BCUT2D eigenvalue weighted by molar-refractivity contribution is 0.631. The highest BCUT2D eigenvalue weighted by atomic mass is 35.5. The number of nitrogens with two attached hydrogens (primary N) is 1. The van der Waals surface area contributed by atoms with Gasteiger partial charge < -0.3 is 5.73 Å². The molecule has 0 radical (unpaired) electrons. The Morgan fingerprint density at radius 1 is 1.21 bits per heavy atom. The standard InChI is InChI=1S/C14H11ClFN3/c1-8-4-2-7-11-18-13(14(17)19(8)11)9-5-3-6-10(15)12(9)16/h2-7H,17H2,1H3. The van der Waals surface area contributed by atoms with Crippen LogP contribution in [0.3, 0.4) is 0 Å². The van der Waals surface area contributed by atoms with Crippen LogP contribution in [-0.4, -0.2) is 9.38 Å². The fourth-order valence-corrected chi connectivity index (χ4v) is 2.34. The summed E-state index contributed by atoms with van der Waals surface area (Å²) in [5.41, 5.74) is 8.43. The first-order valence-corrected chi connectivity index (χ1v) is 6.15. The molecule has 0 amide bonds. The van der Waals surface area contributed by atoms with Gasteiger partial charge in [-0.05, 0) is 31.2 Å². The van der Waals surface area contributed by atoms with E-state index >= 15 is 0 Å². The topological polar surface area (TPSA) is 43.3 Å². The van der Waals surface area contributed by atoms with E-state index in [1.165, 1.54) is 6.07 Å². The third-order valence-corrected chi connectivity index (χ3v) is 3.37. The Morgan fingerprint density at radius 3 is 2.68 bits per heavy atom. The van der Waals surface area contributed by atoms with E-state index in [9.17, 15) is 4.39 Å². The molecule has 0 aliphatic rings. The predicted octanol–water partition coefficient (Wildman–Crippen LogP) is 3.68. The number of anilines is 1. The smallest absolute Gasteiger partial charge is 0.151 e. The third-order valence-electron chi connectivity index (χ3n) is 3.08. The second-order valence-corrected chi connectivity index (χ2v) is 4.72. The van der Waals surface area contributed by atoms with E-state index < -0.39 is 5.82 Å². The molecule has 19 heavy (non-hydrogen) atoms. The molecule has 1 aromatic carbocycles. The summed E-state index contributed by atoms with van der Waals surface area (Å²) < 4.78 is 15.8. The summed E-state index contributed by atoms with van der Waals surface area (Å²) in [6, 6.07) is 10.4. The Balaban J connectivity index is 2.35. The van der Waals surface area contributed by atoms with Crippen LogP contribution in [0.5, 0.6) is 0 Å². The number of pyridine rings is 1. The number of hydrogen-bond acceptors (Lipinski definition) is 2. The quantitative estimate of drug-likeness (QED) is 0.736.